The topological polar surface area (TPSA) is 79.1 Å². The molecule has 2 rings (SSSR count). The molecule has 0 fully saturated rings. The van der Waals surface area contributed by atoms with Gasteiger partial charge < -0.3 is 9.47 Å². The highest BCUT2D eigenvalue weighted by atomic mass is 32.1. The fraction of sp³-hybridized carbons (Fsp3) is 0.455. The molecule has 8 heteroatoms. The molecule has 0 aliphatic carbocycles. The van der Waals surface area contributed by atoms with Crippen molar-refractivity contribution < 1.29 is 14.3 Å². The van der Waals surface area contributed by atoms with Gasteiger partial charge >= 0.3 is 5.97 Å². The smallest absolute Gasteiger partial charge is 0.360 e. The second-order valence-electron chi connectivity index (χ2n) is 3.85. The Morgan fingerprint density at radius 2 is 2.26 bits per heavy atom. The van der Waals surface area contributed by atoms with E-state index in [2.05, 4.69) is 20.0 Å². The molecule has 19 heavy (non-hydrogen) atoms. The highest BCUT2D eigenvalue weighted by molar-refractivity contribution is 7.09. The molecule has 2 aromatic rings. The predicted octanol–water partition coefficient (Wildman–Crippen LogP) is 1.02. The van der Waals surface area contributed by atoms with Crippen molar-refractivity contribution in [2.24, 2.45) is 0 Å². The maximum Gasteiger partial charge on any atom is 0.360 e. The second-order valence-corrected chi connectivity index (χ2v) is 4.79. The van der Waals surface area contributed by atoms with Crippen molar-refractivity contribution in [1.29, 1.82) is 0 Å². The highest BCUT2D eigenvalue weighted by Gasteiger charge is 2.20. The highest BCUT2D eigenvalue weighted by Crippen LogP contribution is 2.14. The van der Waals surface area contributed by atoms with Crippen LogP contribution in [-0.4, -0.2) is 40.2 Å². The van der Waals surface area contributed by atoms with Gasteiger partial charge in [-0.3, -0.25) is 0 Å². The van der Waals surface area contributed by atoms with Gasteiger partial charge in [0.15, 0.2) is 5.69 Å². The first-order valence-corrected chi connectivity index (χ1v) is 6.44. The first-order chi connectivity index (χ1) is 9.15. The average molecular weight is 282 g/mol. The summed E-state index contributed by atoms with van der Waals surface area (Å²) in [5, 5.41) is 10.7. The molecule has 0 atom stereocenters. The molecule has 0 unspecified atom stereocenters. The molecule has 2 heterocycles. The molecule has 0 aliphatic heterocycles. The minimum absolute atomic E-state index is 0.178. The molecule has 2 aromatic heterocycles. The third kappa shape index (κ3) is 2.96. The SMILES string of the molecule is COCc1c(C(=O)OC)nnn1Cc1nc(C)cs1. The molecule has 0 bridgehead atoms. The van der Waals surface area contributed by atoms with Gasteiger partial charge in [0.2, 0.25) is 0 Å². The van der Waals surface area contributed by atoms with Crippen LogP contribution >= 0.6 is 11.3 Å². The third-order valence-corrected chi connectivity index (χ3v) is 3.40. The van der Waals surface area contributed by atoms with Crippen LogP contribution in [0, 0.1) is 6.92 Å². The average Bonchev–Trinajstić information content (AvgIpc) is 2.97. The van der Waals surface area contributed by atoms with E-state index in [1.807, 2.05) is 12.3 Å². The van der Waals surface area contributed by atoms with Gasteiger partial charge in [0.05, 0.1) is 26.0 Å². The molecule has 0 saturated carbocycles. The predicted molar refractivity (Wildman–Crippen MR) is 68.0 cm³/mol. The molecule has 0 N–H and O–H groups in total. The largest absolute Gasteiger partial charge is 0.464 e. The summed E-state index contributed by atoms with van der Waals surface area (Å²) in [5.41, 5.74) is 1.72. The number of hydrogen-bond donors (Lipinski definition) is 0. The summed E-state index contributed by atoms with van der Waals surface area (Å²) in [6, 6.07) is 0. The van der Waals surface area contributed by atoms with Crippen LogP contribution < -0.4 is 0 Å². The van der Waals surface area contributed by atoms with E-state index >= 15 is 0 Å². The molecule has 102 valence electrons. The number of thiazole rings is 1. The standard InChI is InChI=1S/C11H14N4O3S/c1-7-6-19-9(12-7)4-15-8(5-17-2)10(13-14-15)11(16)18-3/h6H,4-5H2,1-3H3. The Balaban J connectivity index is 2.29. The number of aromatic nitrogens is 4. The molecule has 0 spiro atoms. The summed E-state index contributed by atoms with van der Waals surface area (Å²) in [4.78, 5) is 15.9. The number of nitrogens with zero attached hydrogens (tertiary/aromatic N) is 4. The number of rotatable bonds is 5. The summed E-state index contributed by atoms with van der Waals surface area (Å²) >= 11 is 1.54. The van der Waals surface area contributed by atoms with E-state index in [1.165, 1.54) is 18.4 Å². The fourth-order valence-electron chi connectivity index (χ4n) is 1.60. The maximum absolute atomic E-state index is 11.6. The van der Waals surface area contributed by atoms with Gasteiger partial charge in [0.25, 0.3) is 0 Å². The lowest BCUT2D eigenvalue weighted by molar-refractivity contribution is 0.0588. The summed E-state index contributed by atoms with van der Waals surface area (Å²) in [7, 11) is 2.86. The zero-order valence-electron chi connectivity index (χ0n) is 10.9. The number of aryl methyl sites for hydroxylation is 1. The third-order valence-electron chi connectivity index (χ3n) is 2.45. The summed E-state index contributed by atoms with van der Waals surface area (Å²) < 4.78 is 11.4. The van der Waals surface area contributed by atoms with Gasteiger partial charge in [-0.25, -0.2) is 14.5 Å². The Bertz CT molecular complexity index is 578. The van der Waals surface area contributed by atoms with Crippen molar-refractivity contribution in [3.8, 4) is 0 Å². The van der Waals surface area contributed by atoms with Crippen molar-refractivity contribution in [2.75, 3.05) is 14.2 Å². The van der Waals surface area contributed by atoms with Crippen LogP contribution in [0.25, 0.3) is 0 Å². The Hall–Kier alpha value is -1.80. The molecule has 0 radical (unpaired) electrons. The monoisotopic (exact) mass is 282 g/mol. The number of ether oxygens (including phenoxy) is 2. The summed E-state index contributed by atoms with van der Waals surface area (Å²) in [6.07, 6.45) is 0. The van der Waals surface area contributed by atoms with Crippen LogP contribution in [0.3, 0.4) is 0 Å². The Morgan fingerprint density at radius 1 is 1.47 bits per heavy atom. The molecule has 0 aromatic carbocycles. The van der Waals surface area contributed by atoms with Crippen molar-refractivity contribution in [3.05, 3.63) is 27.5 Å². The lowest BCUT2D eigenvalue weighted by atomic mass is 10.3. The maximum atomic E-state index is 11.6. The van der Waals surface area contributed by atoms with E-state index in [0.717, 1.165) is 10.7 Å². The van der Waals surface area contributed by atoms with E-state index in [4.69, 9.17) is 4.74 Å². The molecular weight excluding hydrogens is 268 g/mol. The number of esters is 1. The lowest BCUT2D eigenvalue weighted by Gasteiger charge is -2.04. The van der Waals surface area contributed by atoms with Crippen LogP contribution in [0.15, 0.2) is 5.38 Å². The van der Waals surface area contributed by atoms with Gasteiger partial charge in [-0.2, -0.15) is 0 Å². The number of methoxy groups -OCH3 is 2. The van der Waals surface area contributed by atoms with E-state index in [0.29, 0.717) is 12.2 Å². The number of carbonyl (C=O) groups excluding carboxylic acids is 1. The molecular formula is C11H14N4O3S. The molecule has 0 amide bonds. The van der Waals surface area contributed by atoms with Gasteiger partial charge in [0.1, 0.15) is 5.01 Å². The first kappa shape index (κ1) is 13.6. The number of carbonyl (C=O) groups is 1. The van der Waals surface area contributed by atoms with Crippen LogP contribution in [0.5, 0.6) is 0 Å². The van der Waals surface area contributed by atoms with Crippen molar-refractivity contribution in [3.63, 3.8) is 0 Å². The zero-order chi connectivity index (χ0) is 13.8. The molecule has 0 saturated heterocycles. The second kappa shape index (κ2) is 5.89. The van der Waals surface area contributed by atoms with Crippen LogP contribution in [0.2, 0.25) is 0 Å². The zero-order valence-corrected chi connectivity index (χ0v) is 11.7. The van der Waals surface area contributed by atoms with Gasteiger partial charge in [-0.1, -0.05) is 5.21 Å². The van der Waals surface area contributed by atoms with Crippen LogP contribution in [-0.2, 0) is 22.6 Å². The number of hydrogen-bond acceptors (Lipinski definition) is 7. The Morgan fingerprint density at radius 3 is 2.84 bits per heavy atom. The van der Waals surface area contributed by atoms with E-state index in [9.17, 15) is 4.79 Å². The van der Waals surface area contributed by atoms with Crippen molar-refractivity contribution >= 4 is 17.3 Å². The minimum Gasteiger partial charge on any atom is -0.464 e. The summed E-state index contributed by atoms with van der Waals surface area (Å²) in [6.45, 7) is 2.63. The van der Waals surface area contributed by atoms with Crippen molar-refractivity contribution in [1.82, 2.24) is 20.0 Å². The van der Waals surface area contributed by atoms with E-state index in [-0.39, 0.29) is 12.3 Å². The molecule has 0 aliphatic rings. The van der Waals surface area contributed by atoms with Gasteiger partial charge in [-0.15, -0.1) is 16.4 Å². The van der Waals surface area contributed by atoms with Crippen LogP contribution in [0.4, 0.5) is 0 Å². The quantitative estimate of drug-likeness (QED) is 0.762. The fourth-order valence-corrected chi connectivity index (χ4v) is 2.35. The Kier molecular flexibility index (Phi) is 4.23. The van der Waals surface area contributed by atoms with E-state index in [1.54, 1.807) is 11.8 Å². The summed E-state index contributed by atoms with van der Waals surface area (Å²) in [5.74, 6) is -0.520. The Labute approximate surface area is 114 Å². The minimum atomic E-state index is -0.520. The van der Waals surface area contributed by atoms with Crippen molar-refractivity contribution in [2.45, 2.75) is 20.1 Å². The van der Waals surface area contributed by atoms with Crippen LogP contribution in [0.1, 0.15) is 26.9 Å². The normalized spacial score (nSPS) is 10.7. The lowest BCUT2D eigenvalue weighted by Crippen LogP contribution is -2.11. The molecule has 7 nitrogen and oxygen atoms in total. The first-order valence-electron chi connectivity index (χ1n) is 5.56. The van der Waals surface area contributed by atoms with E-state index < -0.39 is 5.97 Å². The van der Waals surface area contributed by atoms with Gasteiger partial charge in [0, 0.05) is 18.2 Å². The van der Waals surface area contributed by atoms with Gasteiger partial charge in [-0.05, 0) is 6.92 Å².